The molecule has 0 amide bonds. The normalized spacial score (nSPS) is 9.87. The van der Waals surface area contributed by atoms with Crippen LogP contribution in [0.25, 0.3) is 0 Å². The highest BCUT2D eigenvalue weighted by molar-refractivity contribution is 5.89. The van der Waals surface area contributed by atoms with Gasteiger partial charge in [-0.3, -0.25) is 0 Å². The van der Waals surface area contributed by atoms with Crippen molar-refractivity contribution in [2.24, 2.45) is 0 Å². The molecule has 2 nitrogen and oxygen atoms in total. The number of rotatable bonds is 3. The van der Waals surface area contributed by atoms with Crippen LogP contribution in [0.2, 0.25) is 0 Å². The zero-order valence-corrected chi connectivity index (χ0v) is 7.94. The maximum Gasteiger partial charge on any atom is 0.338 e. The average Bonchev–Trinajstić information content (AvgIpc) is 2.25. The molecule has 0 N–H and O–H groups in total. The summed E-state index contributed by atoms with van der Waals surface area (Å²) in [6.07, 6.45) is 7.94. The number of ether oxygens (including phenoxy) is 1. The molecule has 1 aromatic rings. The number of esters is 1. The Kier molecular flexibility index (Phi) is 4.11. The Hall–Kier alpha value is -2.08. The van der Waals surface area contributed by atoms with E-state index in [2.05, 4.69) is 5.92 Å². The highest BCUT2D eigenvalue weighted by atomic mass is 19.1. The van der Waals surface area contributed by atoms with E-state index in [1.807, 2.05) is 0 Å². The summed E-state index contributed by atoms with van der Waals surface area (Å²) in [6, 6.07) is 5.13. The van der Waals surface area contributed by atoms with Gasteiger partial charge >= 0.3 is 5.97 Å². The lowest BCUT2D eigenvalue weighted by Crippen LogP contribution is -2.04. The van der Waals surface area contributed by atoms with E-state index in [0.29, 0.717) is 5.56 Å². The van der Waals surface area contributed by atoms with Gasteiger partial charge in [0.05, 0.1) is 5.56 Å². The fraction of sp³-hybridized carbons (Fsp3) is 0.0833. The quantitative estimate of drug-likeness (QED) is 0.557. The van der Waals surface area contributed by atoms with E-state index < -0.39 is 11.8 Å². The Labute approximate surface area is 87.4 Å². The summed E-state index contributed by atoms with van der Waals surface area (Å²) in [4.78, 5) is 11.3. The zero-order chi connectivity index (χ0) is 11.1. The van der Waals surface area contributed by atoms with E-state index in [0.717, 1.165) is 0 Å². The molecule has 0 aliphatic rings. The second-order valence-corrected chi connectivity index (χ2v) is 2.67. The van der Waals surface area contributed by atoms with Crippen LogP contribution in [0.3, 0.4) is 0 Å². The average molecular weight is 204 g/mol. The van der Waals surface area contributed by atoms with Crippen molar-refractivity contribution < 1.29 is 13.9 Å². The van der Waals surface area contributed by atoms with Crippen LogP contribution in [0.1, 0.15) is 10.4 Å². The monoisotopic (exact) mass is 204 g/mol. The van der Waals surface area contributed by atoms with Crippen molar-refractivity contribution in [2.45, 2.75) is 0 Å². The predicted molar refractivity (Wildman–Crippen MR) is 54.7 cm³/mol. The lowest BCUT2D eigenvalue weighted by Gasteiger charge is -2.00. The first-order valence-electron chi connectivity index (χ1n) is 4.28. The Morgan fingerprint density at radius 2 is 2.13 bits per heavy atom. The van der Waals surface area contributed by atoms with Crippen molar-refractivity contribution in [1.29, 1.82) is 0 Å². The van der Waals surface area contributed by atoms with Crippen molar-refractivity contribution in [1.82, 2.24) is 0 Å². The molecule has 0 aliphatic heterocycles. The third-order valence-corrected chi connectivity index (χ3v) is 1.60. The largest absolute Gasteiger partial charge is 0.458 e. The van der Waals surface area contributed by atoms with Gasteiger partial charge in [-0.25, -0.2) is 9.18 Å². The second-order valence-electron chi connectivity index (χ2n) is 2.67. The van der Waals surface area contributed by atoms with Crippen molar-refractivity contribution >= 4 is 5.97 Å². The molecule has 0 saturated heterocycles. The molecule has 15 heavy (non-hydrogen) atoms. The molecule has 0 saturated carbocycles. The van der Waals surface area contributed by atoms with Crippen LogP contribution in [0, 0.1) is 18.2 Å². The first-order valence-corrected chi connectivity index (χ1v) is 4.28. The topological polar surface area (TPSA) is 26.3 Å². The fourth-order valence-corrected chi connectivity index (χ4v) is 0.909. The van der Waals surface area contributed by atoms with Crippen LogP contribution in [0.15, 0.2) is 36.4 Å². The van der Waals surface area contributed by atoms with Crippen LogP contribution in [0.5, 0.6) is 0 Å². The Morgan fingerprint density at radius 3 is 2.73 bits per heavy atom. The molecule has 0 atom stereocenters. The first kappa shape index (κ1) is 11.0. The number of allylic oxidation sites excluding steroid dienone is 1. The summed E-state index contributed by atoms with van der Waals surface area (Å²) in [5, 5.41) is 0. The molecule has 0 spiro atoms. The van der Waals surface area contributed by atoms with Gasteiger partial charge in [0.15, 0.2) is 0 Å². The van der Waals surface area contributed by atoms with Gasteiger partial charge in [0.2, 0.25) is 0 Å². The van der Waals surface area contributed by atoms with Crippen LogP contribution in [-0.4, -0.2) is 12.6 Å². The highest BCUT2D eigenvalue weighted by Gasteiger charge is 2.05. The maximum atomic E-state index is 12.5. The van der Waals surface area contributed by atoms with Crippen LogP contribution in [0.4, 0.5) is 4.39 Å². The van der Waals surface area contributed by atoms with Gasteiger partial charge in [0.25, 0.3) is 0 Å². The molecule has 1 rings (SSSR count). The van der Waals surface area contributed by atoms with E-state index in [-0.39, 0.29) is 6.61 Å². The number of terminal acetylenes is 1. The number of carbonyl (C=O) groups is 1. The lowest BCUT2D eigenvalue weighted by atomic mass is 10.2. The third kappa shape index (κ3) is 3.65. The minimum absolute atomic E-state index is 0.112. The van der Waals surface area contributed by atoms with Crippen molar-refractivity contribution in [3.63, 3.8) is 0 Å². The molecule has 0 aliphatic carbocycles. The number of hydrogen-bond donors (Lipinski definition) is 0. The van der Waals surface area contributed by atoms with Gasteiger partial charge in [-0.05, 0) is 36.4 Å². The van der Waals surface area contributed by atoms with E-state index in [4.69, 9.17) is 11.2 Å². The zero-order valence-electron chi connectivity index (χ0n) is 7.94. The van der Waals surface area contributed by atoms with Gasteiger partial charge in [-0.15, -0.1) is 6.42 Å². The Bertz CT molecular complexity index is 399. The van der Waals surface area contributed by atoms with Crippen molar-refractivity contribution in [3.05, 3.63) is 47.8 Å². The Morgan fingerprint density at radius 1 is 1.47 bits per heavy atom. The molecule has 76 valence electrons. The Balaban J connectivity index is 2.51. The second kappa shape index (κ2) is 5.61. The number of benzene rings is 1. The summed E-state index contributed by atoms with van der Waals surface area (Å²) in [5.74, 6) is 1.37. The van der Waals surface area contributed by atoms with Crippen LogP contribution in [-0.2, 0) is 4.74 Å². The van der Waals surface area contributed by atoms with Crippen LogP contribution >= 0.6 is 0 Å². The number of carbonyl (C=O) groups excluding carboxylic acids is 1. The van der Waals surface area contributed by atoms with E-state index in [9.17, 15) is 9.18 Å². The standard InChI is InChI=1S/C12H9FO2/c1-2-3-4-9-15-12(14)10-5-7-11(13)8-6-10/h1,3-8H,9H2. The first-order chi connectivity index (χ1) is 7.24. The van der Waals surface area contributed by atoms with E-state index in [1.165, 1.54) is 30.3 Å². The lowest BCUT2D eigenvalue weighted by molar-refractivity contribution is 0.0549. The third-order valence-electron chi connectivity index (χ3n) is 1.60. The summed E-state index contributed by atoms with van der Waals surface area (Å²) in [7, 11) is 0. The SMILES string of the molecule is C#CC=CCOC(=O)c1ccc(F)cc1. The van der Waals surface area contributed by atoms with E-state index in [1.54, 1.807) is 6.08 Å². The number of halogens is 1. The molecule has 0 bridgehead atoms. The number of hydrogen-bond acceptors (Lipinski definition) is 2. The van der Waals surface area contributed by atoms with Gasteiger partial charge < -0.3 is 4.74 Å². The summed E-state index contributed by atoms with van der Waals surface area (Å²) in [6.45, 7) is 0.112. The van der Waals surface area contributed by atoms with Crippen molar-refractivity contribution in [3.8, 4) is 12.3 Å². The molecule has 0 heterocycles. The van der Waals surface area contributed by atoms with Gasteiger partial charge in [-0.1, -0.05) is 5.92 Å². The maximum absolute atomic E-state index is 12.5. The molecule has 3 heteroatoms. The molecular formula is C12H9FO2. The van der Waals surface area contributed by atoms with Gasteiger partial charge in [-0.2, -0.15) is 0 Å². The minimum Gasteiger partial charge on any atom is -0.458 e. The van der Waals surface area contributed by atoms with E-state index >= 15 is 0 Å². The van der Waals surface area contributed by atoms with Gasteiger partial charge in [0, 0.05) is 0 Å². The molecule has 1 aromatic carbocycles. The summed E-state index contributed by atoms with van der Waals surface area (Å²) < 4.78 is 17.3. The van der Waals surface area contributed by atoms with Crippen molar-refractivity contribution in [2.75, 3.05) is 6.61 Å². The minimum atomic E-state index is -0.503. The molecule has 0 unspecified atom stereocenters. The van der Waals surface area contributed by atoms with Crippen LogP contribution < -0.4 is 0 Å². The summed E-state index contributed by atoms with van der Waals surface area (Å²) >= 11 is 0. The summed E-state index contributed by atoms with van der Waals surface area (Å²) in [5.41, 5.74) is 0.311. The fourth-order valence-electron chi connectivity index (χ4n) is 0.909. The smallest absolute Gasteiger partial charge is 0.338 e. The highest BCUT2D eigenvalue weighted by Crippen LogP contribution is 2.04. The predicted octanol–water partition coefficient (Wildman–Crippen LogP) is 2.17. The molecule has 0 fully saturated rings. The molecule has 0 aromatic heterocycles. The molecular weight excluding hydrogens is 195 g/mol. The van der Waals surface area contributed by atoms with Gasteiger partial charge in [0.1, 0.15) is 12.4 Å². The molecule has 0 radical (unpaired) electrons.